The van der Waals surface area contributed by atoms with Crippen LogP contribution < -0.4 is 16.0 Å². The maximum atomic E-state index is 11.9. The minimum atomic E-state index is -0.0202. The summed E-state index contributed by atoms with van der Waals surface area (Å²) in [5, 5.41) is 2.84. The summed E-state index contributed by atoms with van der Waals surface area (Å²) < 4.78 is 0. The van der Waals surface area contributed by atoms with Gasteiger partial charge in [-0.1, -0.05) is 6.42 Å². The van der Waals surface area contributed by atoms with Gasteiger partial charge in [0.25, 0.3) is 5.91 Å². The zero-order chi connectivity index (χ0) is 14.1. The van der Waals surface area contributed by atoms with Crippen LogP contribution in [0.1, 0.15) is 36.5 Å². The second-order valence-electron chi connectivity index (χ2n) is 5.99. The molecule has 1 aliphatic heterocycles. The monoisotopic (exact) mass is 273 g/mol. The van der Waals surface area contributed by atoms with Gasteiger partial charge in [-0.2, -0.15) is 0 Å². The number of nitrogen functional groups attached to an aromatic ring is 1. The Hall–Kier alpha value is -1.71. The quantitative estimate of drug-likeness (QED) is 0.831. The number of rotatable bonds is 3. The fraction of sp³-hybridized carbons (Fsp3) is 0.562. The number of anilines is 2. The van der Waals surface area contributed by atoms with Crippen molar-refractivity contribution in [2.75, 3.05) is 30.3 Å². The molecule has 108 valence electrons. The highest BCUT2D eigenvalue weighted by molar-refractivity contribution is 5.96. The van der Waals surface area contributed by atoms with E-state index in [0.717, 1.165) is 36.3 Å². The molecule has 1 aliphatic carbocycles. The van der Waals surface area contributed by atoms with Crippen molar-refractivity contribution in [3.8, 4) is 0 Å². The summed E-state index contributed by atoms with van der Waals surface area (Å²) in [6.07, 6.45) is 4.06. The first-order valence-electron chi connectivity index (χ1n) is 7.61. The van der Waals surface area contributed by atoms with Gasteiger partial charge in [0.2, 0.25) is 0 Å². The largest absolute Gasteiger partial charge is 0.397 e. The van der Waals surface area contributed by atoms with Crippen LogP contribution >= 0.6 is 0 Å². The van der Waals surface area contributed by atoms with Crippen molar-refractivity contribution in [2.24, 2.45) is 11.8 Å². The molecule has 20 heavy (non-hydrogen) atoms. The minimum Gasteiger partial charge on any atom is -0.397 e. The summed E-state index contributed by atoms with van der Waals surface area (Å²) in [6.45, 7) is 4.76. The zero-order valence-corrected chi connectivity index (χ0v) is 12.1. The van der Waals surface area contributed by atoms with E-state index in [0.29, 0.717) is 12.1 Å². The molecule has 2 atom stereocenters. The third-order valence-corrected chi connectivity index (χ3v) is 4.70. The van der Waals surface area contributed by atoms with E-state index in [9.17, 15) is 4.79 Å². The van der Waals surface area contributed by atoms with E-state index in [-0.39, 0.29) is 5.91 Å². The van der Waals surface area contributed by atoms with Crippen LogP contribution in [-0.2, 0) is 0 Å². The highest BCUT2D eigenvalue weighted by Crippen LogP contribution is 2.41. The summed E-state index contributed by atoms with van der Waals surface area (Å²) in [6, 6.07) is 5.61. The molecule has 3 rings (SSSR count). The van der Waals surface area contributed by atoms with E-state index in [1.165, 1.54) is 19.3 Å². The van der Waals surface area contributed by atoms with Crippen molar-refractivity contribution < 1.29 is 4.79 Å². The van der Waals surface area contributed by atoms with E-state index >= 15 is 0 Å². The Morgan fingerprint density at radius 1 is 1.35 bits per heavy atom. The fourth-order valence-electron chi connectivity index (χ4n) is 3.65. The first kappa shape index (κ1) is 13.3. The lowest BCUT2D eigenvalue weighted by Crippen LogP contribution is -2.25. The van der Waals surface area contributed by atoms with Crippen LogP contribution in [0.3, 0.4) is 0 Å². The molecule has 1 saturated heterocycles. The number of hydrogen-bond acceptors (Lipinski definition) is 3. The van der Waals surface area contributed by atoms with Gasteiger partial charge in [0.15, 0.2) is 0 Å². The Morgan fingerprint density at radius 2 is 2.05 bits per heavy atom. The summed E-state index contributed by atoms with van der Waals surface area (Å²) in [5.41, 5.74) is 8.63. The van der Waals surface area contributed by atoms with Gasteiger partial charge >= 0.3 is 0 Å². The second kappa shape index (κ2) is 5.35. The highest BCUT2D eigenvalue weighted by Gasteiger charge is 2.36. The summed E-state index contributed by atoms with van der Waals surface area (Å²) in [4.78, 5) is 14.3. The lowest BCUT2D eigenvalue weighted by molar-refractivity contribution is 0.0956. The van der Waals surface area contributed by atoms with E-state index < -0.39 is 0 Å². The van der Waals surface area contributed by atoms with Crippen LogP contribution in [0.4, 0.5) is 11.4 Å². The number of fused-ring (bicyclic) bond motifs is 1. The molecule has 0 spiro atoms. The van der Waals surface area contributed by atoms with Crippen LogP contribution in [0.15, 0.2) is 18.2 Å². The molecular formula is C16H23N3O. The highest BCUT2D eigenvalue weighted by atomic mass is 16.1. The summed E-state index contributed by atoms with van der Waals surface area (Å²) in [7, 11) is 0. The van der Waals surface area contributed by atoms with E-state index in [4.69, 9.17) is 5.73 Å². The maximum absolute atomic E-state index is 11.9. The fourth-order valence-corrected chi connectivity index (χ4v) is 3.65. The molecule has 2 unspecified atom stereocenters. The summed E-state index contributed by atoms with van der Waals surface area (Å²) in [5.74, 6) is 1.62. The molecule has 0 bridgehead atoms. The second-order valence-corrected chi connectivity index (χ2v) is 5.99. The number of carbonyl (C=O) groups is 1. The van der Waals surface area contributed by atoms with Gasteiger partial charge in [0.1, 0.15) is 0 Å². The van der Waals surface area contributed by atoms with Gasteiger partial charge in [-0.05, 0) is 49.8 Å². The lowest BCUT2D eigenvalue weighted by Gasteiger charge is -2.22. The number of benzene rings is 1. The minimum absolute atomic E-state index is 0.0202. The molecule has 1 saturated carbocycles. The van der Waals surface area contributed by atoms with E-state index in [1.54, 1.807) is 6.07 Å². The molecule has 1 aromatic carbocycles. The Kier molecular flexibility index (Phi) is 3.55. The van der Waals surface area contributed by atoms with Crippen molar-refractivity contribution in [2.45, 2.75) is 26.2 Å². The topological polar surface area (TPSA) is 58.4 Å². The maximum Gasteiger partial charge on any atom is 0.251 e. The van der Waals surface area contributed by atoms with Gasteiger partial charge in [0.05, 0.1) is 11.4 Å². The first-order valence-corrected chi connectivity index (χ1v) is 7.61. The van der Waals surface area contributed by atoms with Crippen LogP contribution in [0.2, 0.25) is 0 Å². The average molecular weight is 273 g/mol. The van der Waals surface area contributed by atoms with Crippen LogP contribution in [-0.4, -0.2) is 25.5 Å². The van der Waals surface area contributed by atoms with Crippen LogP contribution in [0, 0.1) is 11.8 Å². The summed E-state index contributed by atoms with van der Waals surface area (Å²) >= 11 is 0. The first-order chi connectivity index (χ1) is 9.69. The van der Waals surface area contributed by atoms with Crippen molar-refractivity contribution in [1.82, 2.24) is 5.32 Å². The van der Waals surface area contributed by atoms with Crippen molar-refractivity contribution in [1.29, 1.82) is 0 Å². The Balaban J connectivity index is 1.82. The third-order valence-electron chi connectivity index (χ3n) is 4.70. The average Bonchev–Trinajstić information content (AvgIpc) is 3.00. The molecular weight excluding hydrogens is 250 g/mol. The predicted molar refractivity (Wildman–Crippen MR) is 81.9 cm³/mol. The number of carbonyl (C=O) groups excluding carboxylic acids is 1. The van der Waals surface area contributed by atoms with Crippen molar-refractivity contribution in [3.05, 3.63) is 23.8 Å². The zero-order valence-electron chi connectivity index (χ0n) is 12.1. The van der Waals surface area contributed by atoms with Gasteiger partial charge < -0.3 is 16.0 Å². The molecule has 1 heterocycles. The molecule has 2 fully saturated rings. The number of amides is 1. The van der Waals surface area contributed by atoms with Gasteiger partial charge in [-0.25, -0.2) is 0 Å². The number of hydrogen-bond donors (Lipinski definition) is 2. The number of nitrogens with zero attached hydrogens (tertiary/aromatic N) is 1. The lowest BCUT2D eigenvalue weighted by atomic mass is 10.0. The SMILES string of the molecule is CCNC(=O)c1ccc(N)c(N2CC3CCCC3C2)c1. The number of nitrogens with one attached hydrogen (secondary N) is 1. The Bertz CT molecular complexity index is 502. The van der Waals surface area contributed by atoms with Gasteiger partial charge in [-0.3, -0.25) is 4.79 Å². The smallest absolute Gasteiger partial charge is 0.251 e. The van der Waals surface area contributed by atoms with Gasteiger partial charge in [0, 0.05) is 25.2 Å². The molecule has 4 nitrogen and oxygen atoms in total. The standard InChI is InChI=1S/C16H23N3O/c1-2-18-16(20)11-6-7-14(17)15(8-11)19-9-12-4-3-5-13(12)10-19/h6-8,12-13H,2-5,9-10,17H2,1H3,(H,18,20). The molecule has 1 amide bonds. The Labute approximate surface area is 120 Å². The van der Waals surface area contributed by atoms with Crippen molar-refractivity contribution in [3.63, 3.8) is 0 Å². The molecule has 0 radical (unpaired) electrons. The van der Waals surface area contributed by atoms with E-state index in [1.807, 2.05) is 19.1 Å². The molecule has 4 heteroatoms. The molecule has 3 N–H and O–H groups in total. The molecule has 0 aromatic heterocycles. The Morgan fingerprint density at radius 3 is 2.70 bits per heavy atom. The van der Waals surface area contributed by atoms with Crippen molar-refractivity contribution >= 4 is 17.3 Å². The number of nitrogens with two attached hydrogens (primary N) is 1. The van der Waals surface area contributed by atoms with E-state index in [2.05, 4.69) is 10.2 Å². The molecule has 2 aliphatic rings. The van der Waals surface area contributed by atoms with Gasteiger partial charge in [-0.15, -0.1) is 0 Å². The van der Waals surface area contributed by atoms with Crippen LogP contribution in [0.5, 0.6) is 0 Å². The normalized spacial score (nSPS) is 24.8. The van der Waals surface area contributed by atoms with Crippen LogP contribution in [0.25, 0.3) is 0 Å². The predicted octanol–water partition coefficient (Wildman–Crippen LogP) is 2.25. The molecule has 1 aromatic rings. The third kappa shape index (κ3) is 2.35.